The Morgan fingerprint density at radius 1 is 1.45 bits per heavy atom. The Balaban J connectivity index is 3.31. The van der Waals surface area contributed by atoms with Gasteiger partial charge in [0, 0.05) is 12.6 Å². The Morgan fingerprint density at radius 2 is 2.18 bits per heavy atom. The molecule has 0 saturated heterocycles. The molecule has 0 bridgehead atoms. The van der Waals surface area contributed by atoms with Crippen LogP contribution in [0.15, 0.2) is 24.3 Å². The Hall–Kier alpha value is -1.09. The van der Waals surface area contributed by atoms with E-state index in [1.165, 1.54) is 6.08 Å². The summed E-state index contributed by atoms with van der Waals surface area (Å²) >= 11 is 0. The van der Waals surface area contributed by atoms with E-state index >= 15 is 0 Å². The maximum atomic E-state index is 10.7. The number of nitrogens with zero attached hydrogens (tertiary/aromatic N) is 1. The fourth-order valence-electron chi connectivity index (χ4n) is 0.474. The van der Waals surface area contributed by atoms with Crippen LogP contribution in [0.5, 0.6) is 0 Å². The summed E-state index contributed by atoms with van der Waals surface area (Å²) in [4.78, 5) is 10.7. The molecular formula is C8H13N2O. The summed E-state index contributed by atoms with van der Waals surface area (Å²) in [7, 11) is 0. The third-order valence-corrected chi connectivity index (χ3v) is 0.943. The van der Waals surface area contributed by atoms with E-state index < -0.39 is 0 Å². The minimum absolute atomic E-state index is 0.253. The third kappa shape index (κ3) is 6.80. The molecule has 0 aromatic heterocycles. The molecule has 1 N–H and O–H groups in total. The van der Waals surface area contributed by atoms with Gasteiger partial charge in [0.25, 0.3) is 5.91 Å². The second-order valence-electron chi connectivity index (χ2n) is 1.88. The lowest BCUT2D eigenvalue weighted by molar-refractivity contribution is -0.117. The number of rotatable bonds is 4. The fourth-order valence-corrected chi connectivity index (χ4v) is 0.474. The Morgan fingerprint density at radius 3 is 2.73 bits per heavy atom. The molecule has 0 unspecified atom stereocenters. The van der Waals surface area contributed by atoms with Crippen molar-refractivity contribution in [3.8, 4) is 0 Å². The largest absolute Gasteiger partial charge is 0.281 e. The molecule has 0 aliphatic heterocycles. The van der Waals surface area contributed by atoms with Crippen molar-refractivity contribution in [1.29, 1.82) is 0 Å². The van der Waals surface area contributed by atoms with Crippen LogP contribution in [0.25, 0.3) is 0 Å². The van der Waals surface area contributed by atoms with Crippen LogP contribution in [-0.4, -0.2) is 12.5 Å². The van der Waals surface area contributed by atoms with Gasteiger partial charge < -0.3 is 0 Å². The fraction of sp³-hybridized carbons (Fsp3) is 0.375. The van der Waals surface area contributed by atoms with Gasteiger partial charge in [-0.25, -0.2) is 5.43 Å². The number of nitrogens with one attached hydrogen (secondary N) is 1. The monoisotopic (exact) mass is 153 g/mol. The summed E-state index contributed by atoms with van der Waals surface area (Å²) in [6.45, 7) is 4.29. The first-order chi connectivity index (χ1) is 5.31. The zero-order valence-corrected chi connectivity index (χ0v) is 6.87. The smallest absolute Gasteiger partial charge is 0.266 e. The first-order valence-electron chi connectivity index (χ1n) is 3.52. The molecule has 3 nitrogen and oxygen atoms in total. The molecule has 0 aromatic carbocycles. The average Bonchev–Trinajstić information content (AvgIpc) is 1.99. The van der Waals surface area contributed by atoms with Crippen molar-refractivity contribution >= 4 is 5.91 Å². The average molecular weight is 153 g/mol. The molecule has 0 aliphatic carbocycles. The van der Waals surface area contributed by atoms with Crippen LogP contribution in [0.2, 0.25) is 0 Å². The lowest BCUT2D eigenvalue weighted by Crippen LogP contribution is -2.28. The van der Waals surface area contributed by atoms with E-state index in [9.17, 15) is 4.79 Å². The van der Waals surface area contributed by atoms with Gasteiger partial charge in [-0.15, -0.1) is 0 Å². The zero-order valence-electron chi connectivity index (χ0n) is 6.87. The normalized spacial score (nSPS) is 11.1. The summed E-state index contributed by atoms with van der Waals surface area (Å²) in [6.07, 6.45) is 6.83. The minimum Gasteiger partial charge on any atom is -0.266 e. The van der Waals surface area contributed by atoms with Crippen LogP contribution in [-0.2, 0) is 4.79 Å². The molecule has 0 atom stereocenters. The number of amides is 1. The lowest BCUT2D eigenvalue weighted by atomic mass is 10.5. The van der Waals surface area contributed by atoms with Crippen molar-refractivity contribution in [2.24, 2.45) is 0 Å². The van der Waals surface area contributed by atoms with Gasteiger partial charge in [-0.3, -0.25) is 4.79 Å². The molecule has 0 spiro atoms. The van der Waals surface area contributed by atoms with Gasteiger partial charge >= 0.3 is 0 Å². The summed E-state index contributed by atoms with van der Waals surface area (Å²) in [5.74, 6) is -0.253. The van der Waals surface area contributed by atoms with Crippen LogP contribution < -0.4 is 10.9 Å². The van der Waals surface area contributed by atoms with E-state index in [-0.39, 0.29) is 5.91 Å². The molecule has 0 aliphatic rings. The highest BCUT2D eigenvalue weighted by Gasteiger charge is 1.91. The van der Waals surface area contributed by atoms with Gasteiger partial charge in [-0.05, 0) is 13.8 Å². The summed E-state index contributed by atoms with van der Waals surface area (Å²) < 4.78 is 0. The van der Waals surface area contributed by atoms with E-state index in [2.05, 4.69) is 10.9 Å². The molecule has 0 heterocycles. The van der Waals surface area contributed by atoms with Gasteiger partial charge in [-0.1, -0.05) is 18.2 Å². The van der Waals surface area contributed by atoms with Crippen LogP contribution in [0, 0.1) is 0 Å². The van der Waals surface area contributed by atoms with Crippen LogP contribution in [0.1, 0.15) is 13.8 Å². The van der Waals surface area contributed by atoms with Gasteiger partial charge in [-0.2, -0.15) is 5.43 Å². The SMILES string of the molecule is CC=CCN[N]C(=O)/C=C/C. The van der Waals surface area contributed by atoms with E-state index in [1.807, 2.05) is 19.1 Å². The van der Waals surface area contributed by atoms with E-state index in [1.54, 1.807) is 13.0 Å². The summed E-state index contributed by atoms with van der Waals surface area (Å²) in [5.41, 5.74) is 6.13. The first kappa shape index (κ1) is 9.91. The molecule has 0 rings (SSSR count). The predicted molar refractivity (Wildman–Crippen MR) is 44.8 cm³/mol. The van der Waals surface area contributed by atoms with Gasteiger partial charge in [0.1, 0.15) is 0 Å². The molecule has 61 valence electrons. The van der Waals surface area contributed by atoms with Crippen molar-refractivity contribution in [3.63, 3.8) is 0 Å². The Labute approximate surface area is 67.1 Å². The molecule has 1 radical (unpaired) electrons. The predicted octanol–water partition coefficient (Wildman–Crippen LogP) is 0.774. The lowest BCUT2D eigenvalue weighted by Gasteiger charge is -1.95. The standard InChI is InChI=1S/C8H13N2O/c1-3-5-7-9-10-8(11)6-4-2/h3-6,9H,7H2,1-2H3/b5-3?,6-4+. The Bertz CT molecular complexity index is 161. The molecule has 0 aromatic rings. The molecule has 3 heteroatoms. The van der Waals surface area contributed by atoms with Gasteiger partial charge in [0.2, 0.25) is 0 Å². The highest BCUT2D eigenvalue weighted by molar-refractivity contribution is 5.86. The van der Waals surface area contributed by atoms with Crippen molar-refractivity contribution < 1.29 is 4.79 Å². The van der Waals surface area contributed by atoms with Crippen LogP contribution in [0.3, 0.4) is 0 Å². The molecular weight excluding hydrogens is 140 g/mol. The second kappa shape index (κ2) is 7.02. The summed E-state index contributed by atoms with van der Waals surface area (Å²) in [5, 5.41) is 0. The highest BCUT2D eigenvalue weighted by atomic mass is 16.2. The van der Waals surface area contributed by atoms with Crippen LogP contribution in [0.4, 0.5) is 0 Å². The van der Waals surface area contributed by atoms with Crippen molar-refractivity contribution in [1.82, 2.24) is 10.9 Å². The zero-order chi connectivity index (χ0) is 8.53. The summed E-state index contributed by atoms with van der Waals surface area (Å²) in [6, 6.07) is 0. The third-order valence-electron chi connectivity index (χ3n) is 0.943. The van der Waals surface area contributed by atoms with E-state index in [0.717, 1.165) is 0 Å². The van der Waals surface area contributed by atoms with Crippen molar-refractivity contribution in [2.45, 2.75) is 13.8 Å². The van der Waals surface area contributed by atoms with Crippen molar-refractivity contribution in [2.75, 3.05) is 6.54 Å². The second-order valence-corrected chi connectivity index (χ2v) is 1.88. The maximum Gasteiger partial charge on any atom is 0.281 e. The number of hydrogen-bond donors (Lipinski definition) is 1. The van der Waals surface area contributed by atoms with Gasteiger partial charge in [0.05, 0.1) is 0 Å². The number of carbonyl (C=O) groups excluding carboxylic acids is 1. The van der Waals surface area contributed by atoms with Crippen LogP contribution >= 0.6 is 0 Å². The quantitative estimate of drug-likeness (QED) is 0.280. The number of hydrogen-bond acceptors (Lipinski definition) is 2. The number of allylic oxidation sites excluding steroid dienone is 2. The highest BCUT2D eigenvalue weighted by Crippen LogP contribution is 1.71. The van der Waals surface area contributed by atoms with Gasteiger partial charge in [0.15, 0.2) is 0 Å². The number of carbonyl (C=O) groups is 1. The topological polar surface area (TPSA) is 43.2 Å². The van der Waals surface area contributed by atoms with E-state index in [4.69, 9.17) is 0 Å². The maximum absolute atomic E-state index is 10.7. The molecule has 1 amide bonds. The first-order valence-corrected chi connectivity index (χ1v) is 3.52. The minimum atomic E-state index is -0.253. The molecule has 0 saturated carbocycles. The molecule has 0 fully saturated rings. The van der Waals surface area contributed by atoms with E-state index in [0.29, 0.717) is 6.54 Å². The molecule has 11 heavy (non-hydrogen) atoms. The Kier molecular flexibility index (Phi) is 6.33. The van der Waals surface area contributed by atoms with Crippen molar-refractivity contribution in [3.05, 3.63) is 24.3 Å².